The van der Waals surface area contributed by atoms with Gasteiger partial charge in [0.2, 0.25) is 5.91 Å². The fraction of sp³-hybridized carbons (Fsp3) is 0.154. The summed E-state index contributed by atoms with van der Waals surface area (Å²) in [6.45, 7) is 4.47. The highest BCUT2D eigenvalue weighted by molar-refractivity contribution is 5.96. The SMILES string of the molecule is Cc1ccc(-c2ccnc3c2c(C)nn3CC(=O)Nc2ccn(Cc3ccc(F)cc3)n2)cc1. The number of halogens is 1. The molecule has 0 saturated carbocycles. The lowest BCUT2D eigenvalue weighted by Gasteiger charge is -2.06. The molecular formula is C26H23FN6O. The second-order valence-corrected chi connectivity index (χ2v) is 8.24. The zero-order valence-corrected chi connectivity index (χ0v) is 18.9. The summed E-state index contributed by atoms with van der Waals surface area (Å²) in [5.74, 6) is -0.0911. The van der Waals surface area contributed by atoms with Crippen molar-refractivity contribution in [1.29, 1.82) is 0 Å². The van der Waals surface area contributed by atoms with Gasteiger partial charge in [-0.25, -0.2) is 14.1 Å². The zero-order valence-electron chi connectivity index (χ0n) is 18.9. The Labute approximate surface area is 195 Å². The lowest BCUT2D eigenvalue weighted by molar-refractivity contribution is -0.116. The molecule has 0 unspecified atom stereocenters. The van der Waals surface area contributed by atoms with Gasteiger partial charge in [-0.05, 0) is 48.7 Å². The maximum absolute atomic E-state index is 13.1. The number of benzene rings is 2. The average Bonchev–Trinajstić information content (AvgIpc) is 3.39. The van der Waals surface area contributed by atoms with Crippen LogP contribution >= 0.6 is 0 Å². The summed E-state index contributed by atoms with van der Waals surface area (Å²) < 4.78 is 16.4. The van der Waals surface area contributed by atoms with Crippen molar-refractivity contribution in [2.75, 3.05) is 5.32 Å². The summed E-state index contributed by atoms with van der Waals surface area (Å²) in [5.41, 5.74) is 5.70. The van der Waals surface area contributed by atoms with Crippen LogP contribution in [0.5, 0.6) is 0 Å². The van der Waals surface area contributed by atoms with E-state index >= 15 is 0 Å². The largest absolute Gasteiger partial charge is 0.308 e. The van der Waals surface area contributed by atoms with Crippen molar-refractivity contribution in [3.8, 4) is 11.1 Å². The van der Waals surface area contributed by atoms with Gasteiger partial charge in [0.1, 0.15) is 12.4 Å². The van der Waals surface area contributed by atoms with Gasteiger partial charge in [0, 0.05) is 23.8 Å². The maximum Gasteiger partial charge on any atom is 0.247 e. The molecule has 0 saturated heterocycles. The van der Waals surface area contributed by atoms with E-state index in [2.05, 4.69) is 51.7 Å². The minimum absolute atomic E-state index is 0.0134. The summed E-state index contributed by atoms with van der Waals surface area (Å²) in [6.07, 6.45) is 3.51. The van der Waals surface area contributed by atoms with Gasteiger partial charge in [0.25, 0.3) is 0 Å². The number of carbonyl (C=O) groups excluding carboxylic acids is 1. The highest BCUT2D eigenvalue weighted by Crippen LogP contribution is 2.30. The van der Waals surface area contributed by atoms with Crippen molar-refractivity contribution in [2.45, 2.75) is 26.9 Å². The highest BCUT2D eigenvalue weighted by atomic mass is 19.1. The molecule has 0 fully saturated rings. The van der Waals surface area contributed by atoms with Crippen molar-refractivity contribution in [1.82, 2.24) is 24.5 Å². The third kappa shape index (κ3) is 4.43. The standard InChI is InChI=1S/C26H23FN6O/c1-17-3-7-20(8-4-17)22-11-13-28-26-25(22)18(2)30-33(26)16-24(34)29-23-12-14-32(31-23)15-19-5-9-21(27)10-6-19/h3-14H,15-16H2,1-2H3,(H,29,31,34). The highest BCUT2D eigenvalue weighted by Gasteiger charge is 2.16. The molecule has 3 aromatic heterocycles. The normalized spacial score (nSPS) is 11.1. The molecule has 2 aromatic carbocycles. The Morgan fingerprint density at radius 3 is 2.50 bits per heavy atom. The first-order valence-electron chi connectivity index (χ1n) is 10.9. The monoisotopic (exact) mass is 454 g/mol. The Morgan fingerprint density at radius 1 is 0.971 bits per heavy atom. The lowest BCUT2D eigenvalue weighted by Crippen LogP contribution is -2.20. The van der Waals surface area contributed by atoms with E-state index in [1.165, 1.54) is 17.7 Å². The van der Waals surface area contributed by atoms with Crippen molar-refractivity contribution in [3.63, 3.8) is 0 Å². The van der Waals surface area contributed by atoms with Crippen molar-refractivity contribution in [2.24, 2.45) is 0 Å². The van der Waals surface area contributed by atoms with Crippen LogP contribution in [-0.4, -0.2) is 30.5 Å². The molecule has 0 spiro atoms. The van der Waals surface area contributed by atoms with Gasteiger partial charge in [-0.2, -0.15) is 10.2 Å². The molecule has 0 radical (unpaired) electrons. The van der Waals surface area contributed by atoms with E-state index in [1.807, 2.05) is 13.0 Å². The lowest BCUT2D eigenvalue weighted by atomic mass is 10.0. The predicted octanol–water partition coefficient (Wildman–Crippen LogP) is 4.74. The summed E-state index contributed by atoms with van der Waals surface area (Å²) in [4.78, 5) is 17.2. The fourth-order valence-electron chi connectivity index (χ4n) is 3.98. The van der Waals surface area contributed by atoms with E-state index in [1.54, 1.807) is 40.0 Å². The number of fused-ring (bicyclic) bond motifs is 1. The third-order valence-corrected chi connectivity index (χ3v) is 5.63. The predicted molar refractivity (Wildman–Crippen MR) is 129 cm³/mol. The van der Waals surface area contributed by atoms with Crippen molar-refractivity contribution < 1.29 is 9.18 Å². The minimum Gasteiger partial charge on any atom is -0.308 e. The Morgan fingerprint density at radius 2 is 1.74 bits per heavy atom. The summed E-state index contributed by atoms with van der Waals surface area (Å²) >= 11 is 0. The molecule has 3 heterocycles. The van der Waals surface area contributed by atoms with Crippen LogP contribution < -0.4 is 5.32 Å². The number of aromatic nitrogens is 5. The molecule has 0 aliphatic heterocycles. The quantitative estimate of drug-likeness (QED) is 0.402. The number of rotatable bonds is 6. The van der Waals surface area contributed by atoms with Crippen molar-refractivity contribution in [3.05, 3.63) is 95.7 Å². The number of nitrogens with one attached hydrogen (secondary N) is 1. The molecular weight excluding hydrogens is 431 g/mol. The molecule has 0 bridgehead atoms. The number of amides is 1. The molecule has 34 heavy (non-hydrogen) atoms. The number of aryl methyl sites for hydroxylation is 2. The molecule has 1 N–H and O–H groups in total. The molecule has 0 aliphatic rings. The zero-order chi connectivity index (χ0) is 23.7. The molecule has 7 nitrogen and oxygen atoms in total. The Kier molecular flexibility index (Phi) is 5.63. The summed E-state index contributed by atoms with van der Waals surface area (Å²) in [7, 11) is 0. The number of hydrogen-bond donors (Lipinski definition) is 1. The van der Waals surface area contributed by atoms with E-state index in [0.29, 0.717) is 18.0 Å². The van der Waals surface area contributed by atoms with Crippen LogP contribution in [0.3, 0.4) is 0 Å². The van der Waals surface area contributed by atoms with Gasteiger partial charge in [-0.3, -0.25) is 9.48 Å². The number of hydrogen-bond acceptors (Lipinski definition) is 4. The number of pyridine rings is 1. The molecule has 1 amide bonds. The van der Waals surface area contributed by atoms with Gasteiger partial charge in [0.05, 0.1) is 12.2 Å². The number of nitrogens with zero attached hydrogens (tertiary/aromatic N) is 5. The summed E-state index contributed by atoms with van der Waals surface area (Å²) in [5, 5.41) is 12.7. The van der Waals surface area contributed by atoms with Crippen LogP contribution in [0.4, 0.5) is 10.2 Å². The molecule has 8 heteroatoms. The van der Waals surface area contributed by atoms with Gasteiger partial charge in [0.15, 0.2) is 11.5 Å². The molecule has 5 aromatic rings. The van der Waals surface area contributed by atoms with Gasteiger partial charge in [-0.1, -0.05) is 42.0 Å². The molecule has 5 rings (SSSR count). The van der Waals surface area contributed by atoms with Gasteiger partial charge < -0.3 is 5.32 Å². The Bertz CT molecular complexity index is 1470. The van der Waals surface area contributed by atoms with E-state index in [9.17, 15) is 9.18 Å². The van der Waals surface area contributed by atoms with E-state index in [-0.39, 0.29) is 18.3 Å². The first-order valence-corrected chi connectivity index (χ1v) is 10.9. The summed E-state index contributed by atoms with van der Waals surface area (Å²) in [6, 6.07) is 18.2. The smallest absolute Gasteiger partial charge is 0.247 e. The van der Waals surface area contributed by atoms with Crippen LogP contribution in [0.15, 0.2) is 73.1 Å². The Balaban J connectivity index is 1.32. The number of anilines is 1. The van der Waals surface area contributed by atoms with Crippen LogP contribution in [0, 0.1) is 19.7 Å². The number of carbonyl (C=O) groups is 1. The molecule has 170 valence electrons. The van der Waals surface area contributed by atoms with Gasteiger partial charge in [-0.15, -0.1) is 0 Å². The average molecular weight is 455 g/mol. The topological polar surface area (TPSA) is 77.6 Å². The second kappa shape index (κ2) is 8.90. The van der Waals surface area contributed by atoms with E-state index in [4.69, 9.17) is 0 Å². The molecule has 0 atom stereocenters. The van der Waals surface area contributed by atoms with Gasteiger partial charge >= 0.3 is 0 Å². The van der Waals surface area contributed by atoms with Crippen LogP contribution in [-0.2, 0) is 17.9 Å². The Hall–Kier alpha value is -4.33. The van der Waals surface area contributed by atoms with Crippen LogP contribution in [0.1, 0.15) is 16.8 Å². The second-order valence-electron chi connectivity index (χ2n) is 8.24. The van der Waals surface area contributed by atoms with E-state index in [0.717, 1.165) is 27.8 Å². The van der Waals surface area contributed by atoms with Crippen LogP contribution in [0.25, 0.3) is 22.2 Å². The fourth-order valence-corrected chi connectivity index (χ4v) is 3.98. The minimum atomic E-state index is -0.279. The van der Waals surface area contributed by atoms with Crippen LogP contribution in [0.2, 0.25) is 0 Å². The molecule has 0 aliphatic carbocycles. The van der Waals surface area contributed by atoms with E-state index < -0.39 is 0 Å². The van der Waals surface area contributed by atoms with Crippen molar-refractivity contribution >= 4 is 22.8 Å². The first-order chi connectivity index (χ1) is 16.5. The third-order valence-electron chi connectivity index (χ3n) is 5.63. The first kappa shape index (κ1) is 21.5. The maximum atomic E-state index is 13.1.